The first-order valence-electron chi connectivity index (χ1n) is 6.75. The molecule has 18 heavy (non-hydrogen) atoms. The zero-order valence-electron chi connectivity index (χ0n) is 10.5. The summed E-state index contributed by atoms with van der Waals surface area (Å²) in [5, 5.41) is 5.99. The molecule has 2 heterocycles. The van der Waals surface area contributed by atoms with Crippen LogP contribution in [0.3, 0.4) is 0 Å². The van der Waals surface area contributed by atoms with Crippen LogP contribution in [-0.4, -0.2) is 6.04 Å². The van der Waals surface area contributed by atoms with Crippen LogP contribution in [0.25, 0.3) is 0 Å². The van der Waals surface area contributed by atoms with Gasteiger partial charge in [0.05, 0.1) is 0 Å². The summed E-state index contributed by atoms with van der Waals surface area (Å²) >= 11 is 1.88. The fourth-order valence-electron chi connectivity index (χ4n) is 2.79. The maximum absolute atomic E-state index is 3.81. The molecule has 0 bridgehead atoms. The minimum absolute atomic E-state index is 0.576. The summed E-state index contributed by atoms with van der Waals surface area (Å²) in [4.78, 5) is 1.49. The van der Waals surface area contributed by atoms with E-state index in [9.17, 15) is 0 Å². The second-order valence-electron chi connectivity index (χ2n) is 5.05. The summed E-state index contributed by atoms with van der Waals surface area (Å²) in [7, 11) is 0. The molecule has 2 heteroatoms. The van der Waals surface area contributed by atoms with E-state index in [-0.39, 0.29) is 0 Å². The molecule has 2 unspecified atom stereocenters. The molecule has 1 nitrogen and oxygen atoms in total. The van der Waals surface area contributed by atoms with Crippen LogP contribution < -0.4 is 5.32 Å². The fourth-order valence-corrected chi connectivity index (χ4v) is 3.61. The first kappa shape index (κ1) is 11.9. The summed E-state index contributed by atoms with van der Waals surface area (Å²) in [5.74, 6) is 0. The van der Waals surface area contributed by atoms with E-state index >= 15 is 0 Å². The minimum Gasteiger partial charge on any atom is -0.306 e. The number of hydrogen-bond acceptors (Lipinski definition) is 2. The lowest BCUT2D eigenvalue weighted by Gasteiger charge is -2.30. The standard InChI is InChI=1S/C16H19NS/c1-2-6-13(7-3-1)12-14-8-4-9-15(17-14)16-10-5-11-18-16/h1-3,5-7,10-11,14-15,17H,4,8-9,12H2. The maximum atomic E-state index is 3.81. The molecule has 1 aromatic carbocycles. The van der Waals surface area contributed by atoms with Crippen molar-refractivity contribution in [2.24, 2.45) is 0 Å². The fraction of sp³-hybridized carbons (Fsp3) is 0.375. The van der Waals surface area contributed by atoms with Crippen LogP contribution in [0, 0.1) is 0 Å². The molecule has 1 aliphatic heterocycles. The monoisotopic (exact) mass is 257 g/mol. The van der Waals surface area contributed by atoms with Gasteiger partial charge >= 0.3 is 0 Å². The topological polar surface area (TPSA) is 12.0 Å². The highest BCUT2D eigenvalue weighted by molar-refractivity contribution is 7.10. The van der Waals surface area contributed by atoms with Gasteiger partial charge in [-0.2, -0.15) is 0 Å². The number of benzene rings is 1. The lowest BCUT2D eigenvalue weighted by molar-refractivity contribution is 0.326. The van der Waals surface area contributed by atoms with Gasteiger partial charge in [-0.3, -0.25) is 0 Å². The second-order valence-corrected chi connectivity index (χ2v) is 6.03. The van der Waals surface area contributed by atoms with Crippen molar-refractivity contribution in [3.8, 4) is 0 Å². The van der Waals surface area contributed by atoms with Crippen molar-refractivity contribution >= 4 is 11.3 Å². The van der Waals surface area contributed by atoms with Crippen LogP contribution in [0.2, 0.25) is 0 Å². The van der Waals surface area contributed by atoms with E-state index in [0.717, 1.165) is 6.42 Å². The molecule has 3 rings (SSSR count). The molecule has 1 aliphatic rings. The predicted octanol–water partition coefficient (Wildman–Crippen LogP) is 4.17. The van der Waals surface area contributed by atoms with Crippen molar-refractivity contribution in [1.82, 2.24) is 5.32 Å². The molecule has 1 fully saturated rings. The molecule has 0 amide bonds. The Balaban J connectivity index is 1.64. The predicted molar refractivity (Wildman–Crippen MR) is 78.0 cm³/mol. The zero-order chi connectivity index (χ0) is 12.2. The third-order valence-corrected chi connectivity index (χ3v) is 4.68. The maximum Gasteiger partial charge on any atom is 0.0417 e. The number of nitrogens with one attached hydrogen (secondary N) is 1. The number of piperidine rings is 1. The molecule has 94 valence electrons. The highest BCUT2D eigenvalue weighted by Gasteiger charge is 2.22. The molecule has 1 saturated heterocycles. The quantitative estimate of drug-likeness (QED) is 0.870. The Kier molecular flexibility index (Phi) is 3.77. The van der Waals surface area contributed by atoms with Gasteiger partial charge in [0, 0.05) is 17.0 Å². The van der Waals surface area contributed by atoms with E-state index in [2.05, 4.69) is 53.2 Å². The van der Waals surface area contributed by atoms with Crippen LogP contribution >= 0.6 is 11.3 Å². The van der Waals surface area contributed by atoms with Crippen molar-refractivity contribution in [3.05, 3.63) is 58.3 Å². The van der Waals surface area contributed by atoms with Crippen molar-refractivity contribution in [2.45, 2.75) is 37.8 Å². The van der Waals surface area contributed by atoms with Gasteiger partial charge in [0.25, 0.3) is 0 Å². The van der Waals surface area contributed by atoms with Crippen molar-refractivity contribution in [2.75, 3.05) is 0 Å². The summed E-state index contributed by atoms with van der Waals surface area (Å²) in [6, 6.07) is 16.4. The highest BCUT2D eigenvalue weighted by Crippen LogP contribution is 2.29. The molecule has 0 saturated carbocycles. The summed E-state index contributed by atoms with van der Waals surface area (Å²) in [6.07, 6.45) is 5.08. The normalized spacial score (nSPS) is 24.0. The highest BCUT2D eigenvalue weighted by atomic mass is 32.1. The van der Waals surface area contributed by atoms with Crippen LogP contribution in [0.15, 0.2) is 47.8 Å². The zero-order valence-corrected chi connectivity index (χ0v) is 11.3. The summed E-state index contributed by atoms with van der Waals surface area (Å²) in [5.41, 5.74) is 1.45. The largest absolute Gasteiger partial charge is 0.306 e. The number of thiophene rings is 1. The van der Waals surface area contributed by atoms with E-state index in [1.807, 2.05) is 11.3 Å². The van der Waals surface area contributed by atoms with Gasteiger partial charge in [-0.15, -0.1) is 11.3 Å². The Morgan fingerprint density at radius 2 is 1.94 bits per heavy atom. The Bertz CT molecular complexity index is 463. The van der Waals surface area contributed by atoms with E-state index in [4.69, 9.17) is 0 Å². The SMILES string of the molecule is c1ccc(CC2CCCC(c3cccs3)N2)cc1. The van der Waals surface area contributed by atoms with Gasteiger partial charge in [-0.1, -0.05) is 36.4 Å². The lowest BCUT2D eigenvalue weighted by atomic mass is 9.93. The molecule has 1 aromatic heterocycles. The average molecular weight is 257 g/mol. The second kappa shape index (κ2) is 5.68. The Morgan fingerprint density at radius 1 is 1.06 bits per heavy atom. The van der Waals surface area contributed by atoms with Crippen molar-refractivity contribution < 1.29 is 0 Å². The van der Waals surface area contributed by atoms with E-state index < -0.39 is 0 Å². The van der Waals surface area contributed by atoms with E-state index in [1.54, 1.807) is 0 Å². The number of hydrogen-bond donors (Lipinski definition) is 1. The van der Waals surface area contributed by atoms with E-state index in [0.29, 0.717) is 12.1 Å². The molecule has 2 aromatic rings. The first-order chi connectivity index (χ1) is 8.92. The Hall–Kier alpha value is -1.12. The van der Waals surface area contributed by atoms with Crippen molar-refractivity contribution in [1.29, 1.82) is 0 Å². The molecular formula is C16H19NS. The van der Waals surface area contributed by atoms with Gasteiger partial charge in [0.2, 0.25) is 0 Å². The summed E-state index contributed by atoms with van der Waals surface area (Å²) in [6.45, 7) is 0. The van der Waals surface area contributed by atoms with Crippen LogP contribution in [-0.2, 0) is 6.42 Å². The third kappa shape index (κ3) is 2.82. The molecule has 2 atom stereocenters. The van der Waals surface area contributed by atoms with Crippen LogP contribution in [0.1, 0.15) is 35.7 Å². The van der Waals surface area contributed by atoms with Gasteiger partial charge in [0.1, 0.15) is 0 Å². The molecular weight excluding hydrogens is 238 g/mol. The van der Waals surface area contributed by atoms with Gasteiger partial charge < -0.3 is 5.32 Å². The first-order valence-corrected chi connectivity index (χ1v) is 7.63. The third-order valence-electron chi connectivity index (χ3n) is 3.69. The summed E-state index contributed by atoms with van der Waals surface area (Å²) < 4.78 is 0. The number of rotatable bonds is 3. The Labute approximate surface area is 113 Å². The molecule has 1 N–H and O–H groups in total. The van der Waals surface area contributed by atoms with Crippen molar-refractivity contribution in [3.63, 3.8) is 0 Å². The smallest absolute Gasteiger partial charge is 0.0417 e. The average Bonchev–Trinajstić information content (AvgIpc) is 2.94. The van der Waals surface area contributed by atoms with Gasteiger partial charge in [-0.05, 0) is 42.7 Å². The van der Waals surface area contributed by atoms with Crippen LogP contribution in [0.4, 0.5) is 0 Å². The van der Waals surface area contributed by atoms with Crippen LogP contribution in [0.5, 0.6) is 0 Å². The molecule has 0 spiro atoms. The minimum atomic E-state index is 0.576. The lowest BCUT2D eigenvalue weighted by Crippen LogP contribution is -2.38. The van der Waals surface area contributed by atoms with E-state index in [1.165, 1.54) is 29.7 Å². The van der Waals surface area contributed by atoms with Gasteiger partial charge in [0.15, 0.2) is 0 Å². The molecule has 0 radical (unpaired) electrons. The Morgan fingerprint density at radius 3 is 2.72 bits per heavy atom. The van der Waals surface area contributed by atoms with Gasteiger partial charge in [-0.25, -0.2) is 0 Å². The molecule has 0 aliphatic carbocycles.